The van der Waals surface area contributed by atoms with Crippen LogP contribution in [0.3, 0.4) is 0 Å². The molecule has 4 heteroatoms. The standard InChI is InChI=1S/C31H53F3O/c1-3-5-6-22-11-18-29(28(32)19-22)35-20-23-9-14-25(15-10-23)27-17-16-26(30(33)31(27)34)24-12-7-21(4-2)8-13-24/h21-31H,3-20H2,1-2H3/t21?,22?,23?,24?,25?,26?,27-,28?,29?,30?,31+/m1/s1. The summed E-state index contributed by atoms with van der Waals surface area (Å²) in [6.07, 6.45) is 14.2. The third-order valence-electron chi connectivity index (χ3n) is 10.9. The van der Waals surface area contributed by atoms with Crippen molar-refractivity contribution < 1.29 is 17.9 Å². The lowest BCUT2D eigenvalue weighted by Crippen LogP contribution is -2.45. The fourth-order valence-electron chi connectivity index (χ4n) is 8.35. The van der Waals surface area contributed by atoms with Gasteiger partial charge in [-0.15, -0.1) is 0 Å². The van der Waals surface area contributed by atoms with E-state index in [0.29, 0.717) is 36.7 Å². The SMILES string of the molecule is CCCCC1CCC(OCC2CCC([C@H]3CCC(C4CCC(CC)CC4)C(F)[C@H]3F)CC2)C(F)C1. The van der Waals surface area contributed by atoms with Crippen LogP contribution in [0.15, 0.2) is 0 Å². The summed E-state index contributed by atoms with van der Waals surface area (Å²) in [6.45, 7) is 5.10. The topological polar surface area (TPSA) is 9.23 Å². The molecule has 7 atom stereocenters. The molecule has 4 fully saturated rings. The average Bonchev–Trinajstić information content (AvgIpc) is 2.89. The normalized spacial score (nSPS) is 45.3. The Morgan fingerprint density at radius 3 is 1.69 bits per heavy atom. The van der Waals surface area contributed by atoms with Crippen LogP contribution in [-0.2, 0) is 4.74 Å². The maximum atomic E-state index is 15.4. The van der Waals surface area contributed by atoms with Gasteiger partial charge in [0.05, 0.1) is 6.10 Å². The highest BCUT2D eigenvalue weighted by Crippen LogP contribution is 2.48. The number of alkyl halides is 3. The molecule has 5 unspecified atom stereocenters. The number of hydrogen-bond donors (Lipinski definition) is 0. The van der Waals surface area contributed by atoms with Gasteiger partial charge < -0.3 is 4.74 Å². The summed E-state index contributed by atoms with van der Waals surface area (Å²) in [6, 6.07) is 0. The molecule has 0 radical (unpaired) electrons. The highest BCUT2D eigenvalue weighted by Gasteiger charge is 2.46. The Balaban J connectivity index is 1.16. The van der Waals surface area contributed by atoms with Crippen LogP contribution in [0.4, 0.5) is 13.2 Å². The molecule has 4 aliphatic carbocycles. The van der Waals surface area contributed by atoms with E-state index in [1.807, 2.05) is 0 Å². The van der Waals surface area contributed by atoms with Crippen LogP contribution in [0.5, 0.6) is 0 Å². The van der Waals surface area contributed by atoms with Gasteiger partial charge in [0.15, 0.2) is 0 Å². The molecule has 4 rings (SSSR count). The lowest BCUT2D eigenvalue weighted by molar-refractivity contribution is -0.0623. The number of unbranched alkanes of at least 4 members (excludes halogenated alkanes) is 1. The van der Waals surface area contributed by atoms with Crippen molar-refractivity contribution in [1.82, 2.24) is 0 Å². The number of ether oxygens (including phenoxy) is 1. The lowest BCUT2D eigenvalue weighted by Gasteiger charge is -2.44. The molecule has 0 bridgehead atoms. The molecule has 204 valence electrons. The highest BCUT2D eigenvalue weighted by molar-refractivity contribution is 4.95. The maximum Gasteiger partial charge on any atom is 0.134 e. The number of hydrogen-bond acceptors (Lipinski definition) is 1. The lowest BCUT2D eigenvalue weighted by atomic mass is 9.63. The van der Waals surface area contributed by atoms with Crippen LogP contribution >= 0.6 is 0 Å². The molecule has 4 aliphatic rings. The first-order chi connectivity index (χ1) is 17.0. The first-order valence-electron chi connectivity index (χ1n) is 15.5. The van der Waals surface area contributed by atoms with Gasteiger partial charge in [-0.05, 0) is 112 Å². The van der Waals surface area contributed by atoms with Gasteiger partial charge in [-0.3, -0.25) is 0 Å². The molecule has 0 aliphatic heterocycles. The van der Waals surface area contributed by atoms with Gasteiger partial charge in [-0.2, -0.15) is 0 Å². The fraction of sp³-hybridized carbons (Fsp3) is 1.00. The van der Waals surface area contributed by atoms with E-state index >= 15 is 8.78 Å². The van der Waals surface area contributed by atoms with Crippen LogP contribution in [0.2, 0.25) is 0 Å². The van der Waals surface area contributed by atoms with Crippen molar-refractivity contribution in [1.29, 1.82) is 0 Å². The summed E-state index contributed by atoms with van der Waals surface area (Å²) in [7, 11) is 0. The largest absolute Gasteiger partial charge is 0.375 e. The molecule has 0 heterocycles. The molecule has 0 spiro atoms. The van der Waals surface area contributed by atoms with Crippen molar-refractivity contribution in [3.05, 3.63) is 0 Å². The van der Waals surface area contributed by atoms with Crippen molar-refractivity contribution in [2.45, 2.75) is 148 Å². The minimum Gasteiger partial charge on any atom is -0.375 e. The molecule has 1 nitrogen and oxygen atoms in total. The number of halogens is 3. The molecule has 4 saturated carbocycles. The van der Waals surface area contributed by atoms with Crippen molar-refractivity contribution in [3.8, 4) is 0 Å². The minimum atomic E-state index is -1.27. The Morgan fingerprint density at radius 2 is 1.17 bits per heavy atom. The summed E-state index contributed by atoms with van der Waals surface area (Å²) in [5.41, 5.74) is 0. The quantitative estimate of drug-likeness (QED) is 0.308. The van der Waals surface area contributed by atoms with Crippen molar-refractivity contribution >= 4 is 0 Å². The monoisotopic (exact) mass is 498 g/mol. The summed E-state index contributed by atoms with van der Waals surface area (Å²) in [5, 5.41) is 0. The highest BCUT2D eigenvalue weighted by atomic mass is 19.2. The van der Waals surface area contributed by atoms with Gasteiger partial charge in [0.2, 0.25) is 0 Å². The Kier molecular flexibility index (Phi) is 10.7. The molecule has 0 amide bonds. The Morgan fingerprint density at radius 1 is 0.629 bits per heavy atom. The first-order valence-corrected chi connectivity index (χ1v) is 15.5. The molecular weight excluding hydrogens is 445 g/mol. The van der Waals surface area contributed by atoms with Gasteiger partial charge in [0, 0.05) is 6.61 Å². The summed E-state index contributed by atoms with van der Waals surface area (Å²) in [5.74, 6) is 2.38. The zero-order valence-electron chi connectivity index (χ0n) is 22.6. The molecule has 0 aromatic carbocycles. The van der Waals surface area contributed by atoms with E-state index in [4.69, 9.17) is 4.74 Å². The van der Waals surface area contributed by atoms with E-state index < -0.39 is 18.5 Å². The second-order valence-electron chi connectivity index (χ2n) is 13.0. The second-order valence-corrected chi connectivity index (χ2v) is 13.0. The van der Waals surface area contributed by atoms with E-state index in [-0.39, 0.29) is 17.9 Å². The molecule has 0 saturated heterocycles. The smallest absolute Gasteiger partial charge is 0.134 e. The van der Waals surface area contributed by atoms with E-state index in [0.717, 1.165) is 76.5 Å². The van der Waals surface area contributed by atoms with Crippen molar-refractivity contribution in [2.75, 3.05) is 6.61 Å². The molecule has 0 N–H and O–H groups in total. The van der Waals surface area contributed by atoms with Gasteiger partial charge in [-0.25, -0.2) is 13.2 Å². The van der Waals surface area contributed by atoms with Crippen LogP contribution in [-0.4, -0.2) is 31.2 Å². The maximum absolute atomic E-state index is 15.4. The number of rotatable bonds is 9. The first kappa shape index (κ1) is 27.8. The Hall–Kier alpha value is -0.250. The average molecular weight is 499 g/mol. The molecular formula is C31H53F3O. The summed E-state index contributed by atoms with van der Waals surface area (Å²) >= 11 is 0. The zero-order valence-corrected chi connectivity index (χ0v) is 22.6. The van der Waals surface area contributed by atoms with E-state index in [1.54, 1.807) is 0 Å². The minimum absolute atomic E-state index is 0.0468. The van der Waals surface area contributed by atoms with Crippen LogP contribution in [0.1, 0.15) is 123 Å². The van der Waals surface area contributed by atoms with Crippen LogP contribution < -0.4 is 0 Å². The Bertz CT molecular complexity index is 598. The zero-order chi connectivity index (χ0) is 24.8. The van der Waals surface area contributed by atoms with E-state index in [2.05, 4.69) is 13.8 Å². The van der Waals surface area contributed by atoms with Gasteiger partial charge in [0.1, 0.15) is 18.5 Å². The van der Waals surface area contributed by atoms with Crippen LogP contribution in [0, 0.1) is 41.4 Å². The van der Waals surface area contributed by atoms with Crippen molar-refractivity contribution in [3.63, 3.8) is 0 Å². The summed E-state index contributed by atoms with van der Waals surface area (Å²) < 4.78 is 51.4. The third-order valence-corrected chi connectivity index (χ3v) is 10.9. The van der Waals surface area contributed by atoms with Crippen LogP contribution in [0.25, 0.3) is 0 Å². The summed E-state index contributed by atoms with van der Waals surface area (Å²) in [4.78, 5) is 0. The fourth-order valence-corrected chi connectivity index (χ4v) is 8.35. The van der Waals surface area contributed by atoms with Gasteiger partial charge in [-0.1, -0.05) is 52.4 Å². The molecule has 35 heavy (non-hydrogen) atoms. The van der Waals surface area contributed by atoms with E-state index in [1.165, 1.54) is 32.1 Å². The molecule has 0 aromatic heterocycles. The predicted octanol–water partition coefficient (Wildman–Crippen LogP) is 9.43. The second kappa shape index (κ2) is 13.5. The van der Waals surface area contributed by atoms with Crippen molar-refractivity contribution in [2.24, 2.45) is 41.4 Å². The molecule has 0 aromatic rings. The predicted molar refractivity (Wildman–Crippen MR) is 139 cm³/mol. The Labute approximate surface area is 213 Å². The third kappa shape index (κ3) is 7.20. The van der Waals surface area contributed by atoms with E-state index in [9.17, 15) is 4.39 Å². The van der Waals surface area contributed by atoms with Gasteiger partial charge in [0.25, 0.3) is 0 Å². The van der Waals surface area contributed by atoms with Gasteiger partial charge >= 0.3 is 0 Å².